The van der Waals surface area contributed by atoms with Crippen LogP contribution in [0.5, 0.6) is 17.2 Å². The van der Waals surface area contributed by atoms with Crippen molar-refractivity contribution >= 4 is 12.4 Å². The number of hydrogen-bond acceptors (Lipinski definition) is 4. The quantitative estimate of drug-likeness (QED) is 0.497. The van der Waals surface area contributed by atoms with Crippen molar-refractivity contribution in [2.75, 3.05) is 0 Å². The van der Waals surface area contributed by atoms with E-state index in [2.05, 4.69) is 32.9 Å². The minimum atomic E-state index is -0.596. The predicted octanol–water partition coefficient (Wildman–Crippen LogP) is 5.55. The van der Waals surface area contributed by atoms with Gasteiger partial charge in [-0.25, -0.2) is 0 Å². The number of phenolic OH excluding ortho intramolecular Hbond substituents is 2. The van der Waals surface area contributed by atoms with Crippen molar-refractivity contribution in [1.29, 1.82) is 0 Å². The normalized spacial score (nSPS) is 18.8. The summed E-state index contributed by atoms with van der Waals surface area (Å²) in [6.07, 6.45) is 12.3. The van der Waals surface area contributed by atoms with E-state index >= 15 is 0 Å². The fourth-order valence-corrected chi connectivity index (χ4v) is 3.00. The molecule has 0 radical (unpaired) electrons. The molecule has 1 heterocycles. The molecule has 0 aliphatic carbocycles. The number of benzene rings is 1. The molecule has 4 heteroatoms. The second-order valence-corrected chi connectivity index (χ2v) is 7.35. The SMILES string of the molecule is CC(C)=CCC/C(C)=C\CCC1(C)C=Cc2c(O)cc(O)c(C=O)c2O1. The minimum Gasteiger partial charge on any atom is -0.507 e. The lowest BCUT2D eigenvalue weighted by atomic mass is 9.93. The average molecular weight is 356 g/mol. The van der Waals surface area contributed by atoms with Crippen LogP contribution in [-0.2, 0) is 0 Å². The van der Waals surface area contributed by atoms with Crippen molar-refractivity contribution in [2.45, 2.75) is 59.0 Å². The van der Waals surface area contributed by atoms with Gasteiger partial charge in [0.25, 0.3) is 0 Å². The Morgan fingerprint density at radius 2 is 1.88 bits per heavy atom. The molecule has 0 amide bonds. The zero-order valence-electron chi connectivity index (χ0n) is 16.0. The van der Waals surface area contributed by atoms with Gasteiger partial charge < -0.3 is 14.9 Å². The van der Waals surface area contributed by atoms with Gasteiger partial charge in [-0.1, -0.05) is 23.3 Å². The lowest BCUT2D eigenvalue weighted by Gasteiger charge is -2.32. The molecule has 1 aromatic carbocycles. The number of hydrogen-bond donors (Lipinski definition) is 2. The summed E-state index contributed by atoms with van der Waals surface area (Å²) in [6.45, 7) is 8.28. The number of carbonyl (C=O) groups is 1. The molecule has 1 aliphatic heterocycles. The van der Waals surface area contributed by atoms with E-state index in [-0.39, 0.29) is 22.8 Å². The molecular formula is C22H28O4. The van der Waals surface area contributed by atoms with Crippen molar-refractivity contribution in [3.63, 3.8) is 0 Å². The molecule has 0 spiro atoms. The molecule has 0 bridgehead atoms. The number of aldehydes is 1. The Morgan fingerprint density at radius 1 is 1.15 bits per heavy atom. The fourth-order valence-electron chi connectivity index (χ4n) is 3.00. The predicted molar refractivity (Wildman–Crippen MR) is 105 cm³/mol. The van der Waals surface area contributed by atoms with Crippen LogP contribution < -0.4 is 4.74 Å². The number of ether oxygens (including phenoxy) is 1. The van der Waals surface area contributed by atoms with Crippen molar-refractivity contribution in [3.05, 3.63) is 46.6 Å². The molecule has 1 aromatic rings. The number of carbonyl (C=O) groups excluding carboxylic acids is 1. The first-order chi connectivity index (χ1) is 12.3. The number of phenols is 2. The molecule has 0 saturated carbocycles. The summed E-state index contributed by atoms with van der Waals surface area (Å²) in [5, 5.41) is 19.9. The molecule has 1 aliphatic rings. The highest BCUT2D eigenvalue weighted by Crippen LogP contribution is 2.43. The van der Waals surface area contributed by atoms with Crippen LogP contribution in [0.15, 0.2) is 35.4 Å². The number of allylic oxidation sites excluding steroid dienone is 4. The molecule has 26 heavy (non-hydrogen) atoms. The molecule has 0 aromatic heterocycles. The second kappa shape index (κ2) is 8.26. The van der Waals surface area contributed by atoms with Crippen LogP contribution in [0.3, 0.4) is 0 Å². The summed E-state index contributed by atoms with van der Waals surface area (Å²) in [7, 11) is 0. The zero-order valence-corrected chi connectivity index (χ0v) is 16.0. The monoisotopic (exact) mass is 356 g/mol. The van der Waals surface area contributed by atoms with Crippen molar-refractivity contribution < 1.29 is 19.7 Å². The summed E-state index contributed by atoms with van der Waals surface area (Å²) in [5.41, 5.74) is 2.58. The smallest absolute Gasteiger partial charge is 0.157 e. The number of aromatic hydroxyl groups is 2. The highest BCUT2D eigenvalue weighted by Gasteiger charge is 2.31. The molecule has 0 saturated heterocycles. The standard InChI is InChI=1S/C22H28O4/c1-15(2)7-5-8-16(3)9-6-11-22(4)12-10-17-19(24)13-20(25)18(14-23)21(17)26-22/h7,9-10,12-14,24-25H,5-6,8,11H2,1-4H3/b16-9-. The van der Waals surface area contributed by atoms with Crippen molar-refractivity contribution in [3.8, 4) is 17.2 Å². The van der Waals surface area contributed by atoms with Crippen LogP contribution in [0.25, 0.3) is 6.08 Å². The van der Waals surface area contributed by atoms with Gasteiger partial charge in [0.05, 0.1) is 11.1 Å². The Balaban J connectivity index is 2.07. The van der Waals surface area contributed by atoms with Gasteiger partial charge >= 0.3 is 0 Å². The summed E-state index contributed by atoms with van der Waals surface area (Å²) < 4.78 is 6.02. The minimum absolute atomic E-state index is 0.0711. The Bertz CT molecular complexity index is 767. The van der Waals surface area contributed by atoms with E-state index in [9.17, 15) is 15.0 Å². The lowest BCUT2D eigenvalue weighted by molar-refractivity contribution is 0.108. The van der Waals surface area contributed by atoms with Gasteiger partial charge in [-0.3, -0.25) is 4.79 Å². The van der Waals surface area contributed by atoms with Crippen molar-refractivity contribution in [2.24, 2.45) is 0 Å². The van der Waals surface area contributed by atoms with E-state index in [1.54, 1.807) is 6.08 Å². The molecular weight excluding hydrogens is 328 g/mol. The maximum Gasteiger partial charge on any atom is 0.157 e. The summed E-state index contributed by atoms with van der Waals surface area (Å²) in [4.78, 5) is 11.3. The topological polar surface area (TPSA) is 66.8 Å². The highest BCUT2D eigenvalue weighted by molar-refractivity contribution is 5.88. The van der Waals surface area contributed by atoms with E-state index in [0.29, 0.717) is 11.8 Å². The van der Waals surface area contributed by atoms with Gasteiger partial charge in [-0.05, 0) is 65.5 Å². The first-order valence-electron chi connectivity index (χ1n) is 8.97. The summed E-state index contributed by atoms with van der Waals surface area (Å²) in [6, 6.07) is 1.16. The first-order valence-corrected chi connectivity index (χ1v) is 8.97. The van der Waals surface area contributed by atoms with Crippen LogP contribution in [0.2, 0.25) is 0 Å². The second-order valence-electron chi connectivity index (χ2n) is 7.35. The molecule has 140 valence electrons. The average Bonchev–Trinajstić information content (AvgIpc) is 2.54. The van der Waals surface area contributed by atoms with Crippen LogP contribution in [0.1, 0.15) is 69.3 Å². The third-order valence-corrected chi connectivity index (χ3v) is 4.60. The Kier molecular flexibility index (Phi) is 6.30. The summed E-state index contributed by atoms with van der Waals surface area (Å²) in [5.74, 6) is -0.132. The Hall–Kier alpha value is -2.49. The lowest BCUT2D eigenvalue weighted by Crippen LogP contribution is -2.32. The van der Waals surface area contributed by atoms with Gasteiger partial charge in [0.1, 0.15) is 22.8 Å². The van der Waals surface area contributed by atoms with Gasteiger partial charge in [0.15, 0.2) is 6.29 Å². The molecule has 2 N–H and O–H groups in total. The molecule has 1 atom stereocenters. The highest BCUT2D eigenvalue weighted by atomic mass is 16.5. The maximum atomic E-state index is 11.3. The molecule has 0 fully saturated rings. The van der Waals surface area contributed by atoms with E-state index in [4.69, 9.17) is 4.74 Å². The number of fused-ring (bicyclic) bond motifs is 1. The van der Waals surface area contributed by atoms with Gasteiger partial charge in [0, 0.05) is 6.07 Å². The van der Waals surface area contributed by atoms with E-state index in [0.717, 1.165) is 31.7 Å². The van der Waals surface area contributed by atoms with Gasteiger partial charge in [0.2, 0.25) is 0 Å². The van der Waals surface area contributed by atoms with Crippen LogP contribution >= 0.6 is 0 Å². The van der Waals surface area contributed by atoms with Crippen LogP contribution in [0, 0.1) is 0 Å². The van der Waals surface area contributed by atoms with Crippen LogP contribution in [-0.4, -0.2) is 22.1 Å². The van der Waals surface area contributed by atoms with Crippen LogP contribution in [0.4, 0.5) is 0 Å². The van der Waals surface area contributed by atoms with Gasteiger partial charge in [-0.2, -0.15) is 0 Å². The maximum absolute atomic E-state index is 11.3. The molecule has 1 unspecified atom stereocenters. The Labute approximate surface area is 155 Å². The van der Waals surface area contributed by atoms with Crippen molar-refractivity contribution in [1.82, 2.24) is 0 Å². The third kappa shape index (κ3) is 4.78. The fraction of sp³-hybridized carbons (Fsp3) is 0.409. The third-order valence-electron chi connectivity index (χ3n) is 4.60. The molecule has 4 nitrogen and oxygen atoms in total. The zero-order chi connectivity index (χ0) is 19.3. The van der Waals surface area contributed by atoms with E-state index in [1.807, 2.05) is 13.0 Å². The largest absolute Gasteiger partial charge is 0.507 e. The summed E-state index contributed by atoms with van der Waals surface area (Å²) >= 11 is 0. The Morgan fingerprint density at radius 3 is 2.54 bits per heavy atom. The first kappa shape index (κ1) is 19.8. The molecule has 2 rings (SSSR count). The van der Waals surface area contributed by atoms with Gasteiger partial charge in [-0.15, -0.1) is 0 Å². The van der Waals surface area contributed by atoms with E-state index < -0.39 is 5.60 Å². The van der Waals surface area contributed by atoms with E-state index in [1.165, 1.54) is 11.1 Å². The number of rotatable bonds is 7.